The van der Waals surface area contributed by atoms with E-state index in [0.717, 1.165) is 5.56 Å². The summed E-state index contributed by atoms with van der Waals surface area (Å²) in [7, 11) is 1.57. The Morgan fingerprint density at radius 3 is 2.41 bits per heavy atom. The third-order valence-electron chi connectivity index (χ3n) is 6.07. The summed E-state index contributed by atoms with van der Waals surface area (Å²) >= 11 is 5.43. The van der Waals surface area contributed by atoms with Crippen molar-refractivity contribution >= 4 is 34.9 Å². The molecule has 3 atom stereocenters. The molecule has 1 aliphatic heterocycles. The number of ether oxygens (including phenoxy) is 1. The molecule has 0 radical (unpaired) electrons. The predicted molar refractivity (Wildman–Crippen MR) is 130 cm³/mol. The normalized spacial score (nSPS) is 18.2. The molecule has 0 aliphatic carbocycles. The van der Waals surface area contributed by atoms with E-state index in [1.54, 1.807) is 37.4 Å². The summed E-state index contributed by atoms with van der Waals surface area (Å²) in [6.07, 6.45) is 1.05. The summed E-state index contributed by atoms with van der Waals surface area (Å²) in [6, 6.07) is 12.3. The van der Waals surface area contributed by atoms with Crippen LogP contribution in [0.4, 0.5) is 0 Å². The van der Waals surface area contributed by atoms with E-state index < -0.39 is 29.9 Å². The van der Waals surface area contributed by atoms with Gasteiger partial charge in [-0.2, -0.15) is 0 Å². The topological polar surface area (TPSA) is 116 Å². The molecule has 1 saturated heterocycles. The minimum Gasteiger partial charge on any atom is -0.508 e. The Morgan fingerprint density at radius 2 is 1.82 bits per heavy atom. The number of phenols is 1. The molecule has 3 rings (SSSR count). The number of nitrogens with zero attached hydrogens (tertiary/aromatic N) is 1. The highest BCUT2D eigenvalue weighted by Gasteiger charge is 2.42. The summed E-state index contributed by atoms with van der Waals surface area (Å²) in [5, 5.41) is 22.8. The van der Waals surface area contributed by atoms with Crippen LogP contribution in [0.15, 0.2) is 48.5 Å². The number of carbonyl (C=O) groups is 3. The Morgan fingerprint density at radius 1 is 1.15 bits per heavy atom. The van der Waals surface area contributed by atoms with Gasteiger partial charge in [0.2, 0.25) is 5.91 Å². The van der Waals surface area contributed by atoms with Gasteiger partial charge in [0.25, 0.3) is 0 Å². The number of hydrogen-bond acceptors (Lipinski definition) is 6. The second kappa shape index (κ2) is 11.1. The average Bonchev–Trinajstić information content (AvgIpc) is 3.26. The number of nitrogens with one attached hydrogen (secondary N) is 1. The van der Waals surface area contributed by atoms with E-state index >= 15 is 0 Å². The van der Waals surface area contributed by atoms with Crippen LogP contribution >= 0.6 is 12.2 Å². The molecule has 0 saturated carbocycles. The maximum atomic E-state index is 13.1. The number of aromatic hydroxyl groups is 1. The van der Waals surface area contributed by atoms with Crippen molar-refractivity contribution in [2.75, 3.05) is 13.7 Å². The number of thiocarbonyl (C=S) groups is 1. The molecule has 0 bridgehead atoms. The van der Waals surface area contributed by atoms with Crippen molar-refractivity contribution in [3.8, 4) is 11.5 Å². The molecule has 34 heavy (non-hydrogen) atoms. The number of aliphatic carboxylic acids is 1. The number of methoxy groups -OCH3 is 1. The number of hydrogen-bond donors (Lipinski definition) is 3. The van der Waals surface area contributed by atoms with Gasteiger partial charge in [-0.1, -0.05) is 42.5 Å². The van der Waals surface area contributed by atoms with Crippen molar-refractivity contribution in [3.63, 3.8) is 0 Å². The van der Waals surface area contributed by atoms with Crippen LogP contribution in [0.2, 0.25) is 0 Å². The summed E-state index contributed by atoms with van der Waals surface area (Å²) in [4.78, 5) is 38.7. The highest BCUT2D eigenvalue weighted by atomic mass is 32.1. The minimum atomic E-state index is -1.10. The SMILES string of the molecule is COc1ccc(CC(C(C)=O)C(=S)NCC(=O)N2C(c3ccccc3O)CC[C@H]2C(=O)O)cc1. The molecule has 2 aromatic carbocycles. The third-order valence-corrected chi connectivity index (χ3v) is 6.50. The van der Waals surface area contributed by atoms with Crippen LogP contribution < -0.4 is 10.1 Å². The number of carbonyl (C=O) groups excluding carboxylic acids is 2. The number of para-hydroxylation sites is 1. The van der Waals surface area contributed by atoms with Gasteiger partial charge in [-0.25, -0.2) is 4.79 Å². The first-order valence-corrected chi connectivity index (χ1v) is 11.4. The molecule has 3 N–H and O–H groups in total. The Kier molecular flexibility index (Phi) is 8.22. The Hall–Kier alpha value is -3.46. The lowest BCUT2D eigenvalue weighted by Gasteiger charge is -2.29. The first-order valence-electron chi connectivity index (χ1n) is 11.0. The quantitative estimate of drug-likeness (QED) is 0.466. The van der Waals surface area contributed by atoms with Crippen LogP contribution in [0.3, 0.4) is 0 Å². The van der Waals surface area contributed by atoms with Crippen molar-refractivity contribution in [3.05, 3.63) is 59.7 Å². The van der Waals surface area contributed by atoms with Crippen LogP contribution in [0.25, 0.3) is 0 Å². The monoisotopic (exact) mass is 484 g/mol. The molecule has 1 amide bonds. The van der Waals surface area contributed by atoms with Gasteiger partial charge in [-0.15, -0.1) is 0 Å². The van der Waals surface area contributed by atoms with Crippen LogP contribution in [0, 0.1) is 5.92 Å². The smallest absolute Gasteiger partial charge is 0.326 e. The molecule has 9 heteroatoms. The maximum absolute atomic E-state index is 13.1. The fourth-order valence-electron chi connectivity index (χ4n) is 4.27. The van der Waals surface area contributed by atoms with E-state index in [0.29, 0.717) is 24.2 Å². The molecule has 0 aromatic heterocycles. The van der Waals surface area contributed by atoms with Crippen molar-refractivity contribution in [2.45, 2.75) is 38.3 Å². The molecule has 2 unspecified atom stereocenters. The highest BCUT2D eigenvalue weighted by Crippen LogP contribution is 2.39. The van der Waals surface area contributed by atoms with E-state index in [1.807, 2.05) is 12.1 Å². The van der Waals surface area contributed by atoms with Crippen molar-refractivity contribution < 1.29 is 29.3 Å². The number of amides is 1. The van der Waals surface area contributed by atoms with Crippen molar-refractivity contribution in [2.24, 2.45) is 5.92 Å². The molecule has 1 aliphatic rings. The van der Waals surface area contributed by atoms with E-state index in [9.17, 15) is 24.6 Å². The largest absolute Gasteiger partial charge is 0.508 e. The number of likely N-dealkylation sites (tertiary alicyclic amines) is 1. The first-order chi connectivity index (χ1) is 16.2. The lowest BCUT2D eigenvalue weighted by Crippen LogP contribution is -2.47. The van der Waals surface area contributed by atoms with Gasteiger partial charge in [-0.3, -0.25) is 9.59 Å². The lowest BCUT2D eigenvalue weighted by molar-refractivity contribution is -0.149. The van der Waals surface area contributed by atoms with Crippen LogP contribution in [0.1, 0.15) is 36.9 Å². The van der Waals surface area contributed by atoms with E-state index in [1.165, 1.54) is 17.9 Å². The Bertz CT molecular complexity index is 1070. The van der Waals surface area contributed by atoms with E-state index in [2.05, 4.69) is 5.32 Å². The minimum absolute atomic E-state index is 0.0101. The van der Waals surface area contributed by atoms with Gasteiger partial charge in [0, 0.05) is 5.56 Å². The van der Waals surface area contributed by atoms with Gasteiger partial charge in [0.1, 0.15) is 23.3 Å². The summed E-state index contributed by atoms with van der Waals surface area (Å²) in [5.41, 5.74) is 1.39. The fourth-order valence-corrected chi connectivity index (χ4v) is 4.59. The number of Topliss-reactive ketones (excluding diaryl/α,β-unsaturated/α-hetero) is 1. The molecule has 180 valence electrons. The molecule has 1 fully saturated rings. The van der Waals surface area contributed by atoms with Gasteiger partial charge < -0.3 is 25.2 Å². The van der Waals surface area contributed by atoms with Crippen LogP contribution in [-0.2, 0) is 20.8 Å². The second-order valence-corrected chi connectivity index (χ2v) is 8.68. The number of carboxylic acid groups (broad SMARTS) is 1. The molecular formula is C25H28N2O6S. The zero-order valence-electron chi connectivity index (χ0n) is 19.1. The first kappa shape index (κ1) is 25.2. The highest BCUT2D eigenvalue weighted by molar-refractivity contribution is 7.80. The summed E-state index contributed by atoms with van der Waals surface area (Å²) in [5.74, 6) is -1.62. The lowest BCUT2D eigenvalue weighted by atomic mass is 9.95. The summed E-state index contributed by atoms with van der Waals surface area (Å²) < 4.78 is 5.15. The molecule has 8 nitrogen and oxygen atoms in total. The average molecular weight is 485 g/mol. The van der Waals surface area contributed by atoms with Gasteiger partial charge in [-0.05, 0) is 49.9 Å². The third kappa shape index (κ3) is 5.72. The Balaban J connectivity index is 1.71. The standard InChI is InChI=1S/C25H28N2O6S/c1-15(28)19(13-16-7-9-17(33-2)10-8-16)24(34)26-14-23(30)27-20(11-12-21(27)25(31)32)18-5-3-4-6-22(18)29/h3-10,19-21,29H,11-14H2,1-2H3,(H,26,34)(H,31,32)/t19?,20?,21-/m0/s1. The fraction of sp³-hybridized carbons (Fsp3) is 0.360. The molecule has 2 aromatic rings. The van der Waals surface area contributed by atoms with E-state index in [-0.39, 0.29) is 29.5 Å². The second-order valence-electron chi connectivity index (χ2n) is 8.24. The van der Waals surface area contributed by atoms with Gasteiger partial charge in [0.05, 0.1) is 30.6 Å². The van der Waals surface area contributed by atoms with Crippen molar-refractivity contribution in [1.29, 1.82) is 0 Å². The Labute approximate surface area is 203 Å². The zero-order valence-corrected chi connectivity index (χ0v) is 19.9. The number of carboxylic acids is 1. The van der Waals surface area contributed by atoms with Gasteiger partial charge in [0.15, 0.2) is 0 Å². The molecular weight excluding hydrogens is 456 g/mol. The number of ketones is 1. The maximum Gasteiger partial charge on any atom is 0.326 e. The number of rotatable bonds is 9. The number of benzene rings is 2. The molecule has 1 heterocycles. The van der Waals surface area contributed by atoms with E-state index in [4.69, 9.17) is 17.0 Å². The zero-order chi connectivity index (χ0) is 24.8. The van der Waals surface area contributed by atoms with Crippen molar-refractivity contribution in [1.82, 2.24) is 10.2 Å². The van der Waals surface area contributed by atoms with Crippen LogP contribution in [0.5, 0.6) is 11.5 Å². The number of phenolic OH excluding ortho intramolecular Hbond substituents is 1. The summed E-state index contributed by atoms with van der Waals surface area (Å²) in [6.45, 7) is 1.19. The van der Waals surface area contributed by atoms with Crippen LogP contribution in [-0.4, -0.2) is 57.5 Å². The molecule has 0 spiro atoms. The predicted octanol–water partition coefficient (Wildman–Crippen LogP) is 2.88. The van der Waals surface area contributed by atoms with Gasteiger partial charge >= 0.3 is 5.97 Å².